The summed E-state index contributed by atoms with van der Waals surface area (Å²) in [5, 5.41) is 9.01. The van der Waals surface area contributed by atoms with Crippen LogP contribution in [0.25, 0.3) is 0 Å². The van der Waals surface area contributed by atoms with Gasteiger partial charge in [0.15, 0.2) is 0 Å². The summed E-state index contributed by atoms with van der Waals surface area (Å²) >= 11 is 0. The summed E-state index contributed by atoms with van der Waals surface area (Å²) in [6.45, 7) is 4.83. The smallest absolute Gasteiger partial charge is 0.226 e. The molecule has 2 aliphatic carbocycles. The van der Waals surface area contributed by atoms with E-state index < -0.39 is 0 Å². The van der Waals surface area contributed by atoms with Crippen molar-refractivity contribution in [2.24, 2.45) is 11.3 Å². The normalized spacial score (nSPS) is 24.8. The fourth-order valence-electron chi connectivity index (χ4n) is 5.07. The highest BCUT2D eigenvalue weighted by molar-refractivity contribution is 5.82. The molecule has 0 radical (unpaired) electrons. The zero-order valence-corrected chi connectivity index (χ0v) is 16.2. The van der Waals surface area contributed by atoms with Gasteiger partial charge in [0.2, 0.25) is 5.91 Å². The van der Waals surface area contributed by atoms with Gasteiger partial charge in [-0.2, -0.15) is 0 Å². The minimum absolute atomic E-state index is 0.0256. The first kappa shape index (κ1) is 18.8. The molecular weight excluding hydrogens is 340 g/mol. The predicted molar refractivity (Wildman–Crippen MR) is 105 cm³/mol. The average Bonchev–Trinajstić information content (AvgIpc) is 3.28. The number of aliphatic hydroxyl groups excluding tert-OH is 1. The number of carbonyl (C=O) groups excluding carboxylic acids is 1. The Kier molecular flexibility index (Phi) is 5.69. The quantitative estimate of drug-likeness (QED) is 0.834. The lowest BCUT2D eigenvalue weighted by Crippen LogP contribution is -2.37. The molecule has 27 heavy (non-hydrogen) atoms. The Morgan fingerprint density at radius 2 is 1.93 bits per heavy atom. The van der Waals surface area contributed by atoms with Crippen molar-refractivity contribution in [2.45, 2.75) is 45.1 Å². The molecule has 3 fully saturated rings. The Balaban J connectivity index is 1.32. The lowest BCUT2D eigenvalue weighted by atomic mass is 10.0. The Labute approximate surface area is 162 Å². The molecule has 1 atom stereocenters. The minimum Gasteiger partial charge on any atom is -0.491 e. The molecule has 1 N–H and O–H groups in total. The van der Waals surface area contributed by atoms with Crippen LogP contribution in [0.5, 0.6) is 5.75 Å². The lowest BCUT2D eigenvalue weighted by Gasteiger charge is -2.23. The molecule has 1 aromatic rings. The third-order valence-electron chi connectivity index (χ3n) is 6.70. The molecule has 5 nitrogen and oxygen atoms in total. The first-order valence-electron chi connectivity index (χ1n) is 10.5. The lowest BCUT2D eigenvalue weighted by molar-refractivity contribution is -0.133. The van der Waals surface area contributed by atoms with Gasteiger partial charge in [-0.15, -0.1) is 0 Å². The molecule has 1 saturated heterocycles. The second-order valence-electron chi connectivity index (χ2n) is 8.46. The Morgan fingerprint density at radius 3 is 2.74 bits per heavy atom. The first-order valence-corrected chi connectivity index (χ1v) is 10.5. The van der Waals surface area contributed by atoms with Crippen LogP contribution >= 0.6 is 0 Å². The van der Waals surface area contributed by atoms with Crippen molar-refractivity contribution in [3.63, 3.8) is 0 Å². The fraction of sp³-hybridized carbons (Fsp3) is 0.682. The highest BCUT2D eigenvalue weighted by Gasteiger charge is 2.59. The standard InChI is InChI=1S/C22H32N2O3/c25-14-15-27-20-7-2-1-6-18(20)17-23-10-5-11-24(13-12-23)21(26)19-16-22(19)8-3-4-9-22/h1-2,6-7,19,25H,3-5,8-17H2. The summed E-state index contributed by atoms with van der Waals surface area (Å²) in [5.41, 5.74) is 1.55. The molecule has 0 aromatic heterocycles. The van der Waals surface area contributed by atoms with Crippen molar-refractivity contribution in [3.05, 3.63) is 29.8 Å². The fourth-order valence-corrected chi connectivity index (χ4v) is 5.07. The summed E-state index contributed by atoms with van der Waals surface area (Å²) < 4.78 is 5.67. The predicted octanol–water partition coefficient (Wildman–Crippen LogP) is 2.67. The molecule has 1 spiro atoms. The average molecular weight is 373 g/mol. The summed E-state index contributed by atoms with van der Waals surface area (Å²) in [6, 6.07) is 8.05. The second-order valence-corrected chi connectivity index (χ2v) is 8.46. The molecule has 4 rings (SSSR count). The third kappa shape index (κ3) is 4.14. The number of amides is 1. The molecule has 1 aliphatic heterocycles. The van der Waals surface area contributed by atoms with Crippen LogP contribution in [0.2, 0.25) is 0 Å². The van der Waals surface area contributed by atoms with E-state index in [4.69, 9.17) is 9.84 Å². The topological polar surface area (TPSA) is 53.0 Å². The van der Waals surface area contributed by atoms with E-state index in [-0.39, 0.29) is 6.61 Å². The van der Waals surface area contributed by atoms with Gasteiger partial charge < -0.3 is 14.7 Å². The van der Waals surface area contributed by atoms with Crippen molar-refractivity contribution >= 4 is 5.91 Å². The maximum absolute atomic E-state index is 13.0. The number of ether oxygens (including phenoxy) is 1. The van der Waals surface area contributed by atoms with E-state index >= 15 is 0 Å². The Bertz CT molecular complexity index is 657. The molecule has 1 heterocycles. The second kappa shape index (κ2) is 8.19. The monoisotopic (exact) mass is 372 g/mol. The largest absolute Gasteiger partial charge is 0.491 e. The molecule has 2 saturated carbocycles. The number of rotatable bonds is 6. The Morgan fingerprint density at radius 1 is 1.11 bits per heavy atom. The number of hydrogen-bond acceptors (Lipinski definition) is 4. The highest BCUT2D eigenvalue weighted by atomic mass is 16.5. The molecule has 1 amide bonds. The van der Waals surface area contributed by atoms with Crippen LogP contribution in [0.4, 0.5) is 0 Å². The van der Waals surface area contributed by atoms with Crippen molar-refractivity contribution in [1.29, 1.82) is 0 Å². The van der Waals surface area contributed by atoms with E-state index in [0.29, 0.717) is 23.8 Å². The van der Waals surface area contributed by atoms with Crippen LogP contribution < -0.4 is 4.74 Å². The van der Waals surface area contributed by atoms with Gasteiger partial charge in [0.25, 0.3) is 0 Å². The van der Waals surface area contributed by atoms with E-state index in [9.17, 15) is 4.79 Å². The zero-order chi connectivity index (χ0) is 18.7. The molecule has 148 valence electrons. The zero-order valence-electron chi connectivity index (χ0n) is 16.2. The van der Waals surface area contributed by atoms with Crippen molar-refractivity contribution in [3.8, 4) is 5.75 Å². The first-order chi connectivity index (χ1) is 13.2. The van der Waals surface area contributed by atoms with Crippen LogP contribution in [-0.2, 0) is 11.3 Å². The van der Waals surface area contributed by atoms with Gasteiger partial charge >= 0.3 is 0 Å². The number of carbonyl (C=O) groups is 1. The molecular formula is C22H32N2O3. The number of para-hydroxylation sites is 1. The van der Waals surface area contributed by atoms with E-state index in [2.05, 4.69) is 15.9 Å². The van der Waals surface area contributed by atoms with Crippen LogP contribution in [0.1, 0.15) is 44.1 Å². The van der Waals surface area contributed by atoms with Crippen LogP contribution in [0.3, 0.4) is 0 Å². The Hall–Kier alpha value is -1.59. The molecule has 1 unspecified atom stereocenters. The summed E-state index contributed by atoms with van der Waals surface area (Å²) in [7, 11) is 0. The van der Waals surface area contributed by atoms with Crippen molar-refractivity contribution in [2.75, 3.05) is 39.4 Å². The van der Waals surface area contributed by atoms with Crippen molar-refractivity contribution < 1.29 is 14.6 Å². The van der Waals surface area contributed by atoms with Crippen LogP contribution in [-0.4, -0.2) is 60.2 Å². The number of benzene rings is 1. The van der Waals surface area contributed by atoms with Crippen LogP contribution in [0.15, 0.2) is 24.3 Å². The van der Waals surface area contributed by atoms with E-state index in [0.717, 1.165) is 56.9 Å². The maximum atomic E-state index is 13.0. The van der Waals surface area contributed by atoms with E-state index in [1.807, 2.05) is 18.2 Å². The van der Waals surface area contributed by atoms with Gasteiger partial charge in [0.05, 0.1) is 6.61 Å². The van der Waals surface area contributed by atoms with E-state index in [1.54, 1.807) is 0 Å². The van der Waals surface area contributed by atoms with Gasteiger partial charge in [0.1, 0.15) is 12.4 Å². The summed E-state index contributed by atoms with van der Waals surface area (Å²) in [4.78, 5) is 17.5. The highest BCUT2D eigenvalue weighted by Crippen LogP contribution is 2.63. The number of nitrogens with zero attached hydrogens (tertiary/aromatic N) is 2. The molecule has 5 heteroatoms. The molecule has 1 aromatic carbocycles. The summed E-state index contributed by atoms with van der Waals surface area (Å²) in [6.07, 6.45) is 7.35. The maximum Gasteiger partial charge on any atom is 0.226 e. The number of aliphatic hydroxyl groups is 1. The van der Waals surface area contributed by atoms with Gasteiger partial charge in [-0.25, -0.2) is 0 Å². The van der Waals surface area contributed by atoms with Crippen LogP contribution in [0, 0.1) is 11.3 Å². The number of hydrogen-bond donors (Lipinski definition) is 1. The van der Waals surface area contributed by atoms with Crippen molar-refractivity contribution in [1.82, 2.24) is 9.80 Å². The van der Waals surface area contributed by atoms with E-state index in [1.165, 1.54) is 25.7 Å². The minimum atomic E-state index is 0.0256. The SMILES string of the molecule is O=C(C1CC12CCCC2)N1CCCN(Cc2ccccc2OCCO)CC1. The van der Waals surface area contributed by atoms with Gasteiger partial charge in [0, 0.05) is 44.2 Å². The van der Waals surface area contributed by atoms with Gasteiger partial charge in [-0.1, -0.05) is 31.0 Å². The third-order valence-corrected chi connectivity index (χ3v) is 6.70. The molecule has 0 bridgehead atoms. The molecule has 3 aliphatic rings. The van der Waals surface area contributed by atoms with Gasteiger partial charge in [-0.05, 0) is 37.2 Å². The summed E-state index contributed by atoms with van der Waals surface area (Å²) in [5.74, 6) is 1.59. The van der Waals surface area contributed by atoms with Gasteiger partial charge in [-0.3, -0.25) is 9.69 Å².